The average Bonchev–Trinajstić information content (AvgIpc) is 2.56. The fraction of sp³-hybridized carbons (Fsp3) is 0.562. The maximum atomic E-state index is 11.3. The highest BCUT2D eigenvalue weighted by Gasteiger charge is 2.46. The number of rotatable bonds is 4. The van der Waals surface area contributed by atoms with Crippen LogP contribution in [0.4, 0.5) is 5.69 Å². The normalized spacial score (nSPS) is 22.8. The number of nitrogens with two attached hydrogens (primary N) is 1. The predicted octanol–water partition coefficient (Wildman–Crippen LogP) is 2.55. The number of anilines is 1. The lowest BCUT2D eigenvalue weighted by atomic mass is 9.94. The Labute approximate surface area is 125 Å². The molecule has 0 bridgehead atoms. The van der Waals surface area contributed by atoms with Crippen molar-refractivity contribution in [3.05, 3.63) is 23.8 Å². The van der Waals surface area contributed by atoms with Crippen molar-refractivity contribution in [3.8, 4) is 5.75 Å². The molecule has 3 N–H and O–H groups in total. The summed E-state index contributed by atoms with van der Waals surface area (Å²) < 4.78 is 11.4. The molecule has 21 heavy (non-hydrogen) atoms. The summed E-state index contributed by atoms with van der Waals surface area (Å²) in [5.74, 6) is 0.225. The molecule has 0 saturated carbocycles. The van der Waals surface area contributed by atoms with Crippen LogP contribution in [0.5, 0.6) is 5.75 Å². The molecule has 1 aliphatic heterocycles. The predicted molar refractivity (Wildman–Crippen MR) is 82.8 cm³/mol. The van der Waals surface area contributed by atoms with Crippen LogP contribution in [-0.4, -0.2) is 30.3 Å². The molecule has 5 nitrogen and oxygen atoms in total. The Bertz CT molecular complexity index is 552. The number of amides is 1. The van der Waals surface area contributed by atoms with Gasteiger partial charge in [-0.2, -0.15) is 0 Å². The first-order valence-corrected chi connectivity index (χ1v) is 7.09. The Morgan fingerprint density at radius 2 is 2.05 bits per heavy atom. The van der Waals surface area contributed by atoms with E-state index in [1.807, 2.05) is 0 Å². The van der Waals surface area contributed by atoms with Crippen molar-refractivity contribution in [1.29, 1.82) is 0 Å². The number of carbonyl (C=O) groups is 1. The van der Waals surface area contributed by atoms with Crippen LogP contribution in [0.15, 0.2) is 18.2 Å². The van der Waals surface area contributed by atoms with Gasteiger partial charge in [0.25, 0.3) is 0 Å². The molecule has 1 aromatic carbocycles. The van der Waals surface area contributed by atoms with E-state index in [-0.39, 0.29) is 17.2 Å². The van der Waals surface area contributed by atoms with Gasteiger partial charge in [-0.05, 0) is 52.3 Å². The summed E-state index contributed by atoms with van der Waals surface area (Å²) in [6.45, 7) is 8.27. The molecule has 5 heteroatoms. The van der Waals surface area contributed by atoms with E-state index < -0.39 is 5.91 Å². The van der Waals surface area contributed by atoms with Gasteiger partial charge in [0, 0.05) is 5.56 Å². The number of hydrogen-bond acceptors (Lipinski definition) is 4. The monoisotopic (exact) mass is 292 g/mol. The fourth-order valence-electron chi connectivity index (χ4n) is 2.95. The Kier molecular flexibility index (Phi) is 3.89. The van der Waals surface area contributed by atoms with Gasteiger partial charge < -0.3 is 20.5 Å². The van der Waals surface area contributed by atoms with E-state index in [0.717, 1.165) is 12.1 Å². The number of ether oxygens (including phenoxy) is 2. The van der Waals surface area contributed by atoms with Crippen LogP contribution in [0.25, 0.3) is 0 Å². The van der Waals surface area contributed by atoms with Crippen LogP contribution in [0, 0.1) is 0 Å². The molecule has 2 rings (SSSR count). The molecule has 1 heterocycles. The molecular weight excluding hydrogens is 268 g/mol. The molecule has 1 aliphatic rings. The van der Waals surface area contributed by atoms with Gasteiger partial charge in [0.05, 0.1) is 30.0 Å². The van der Waals surface area contributed by atoms with Gasteiger partial charge in [-0.3, -0.25) is 4.79 Å². The van der Waals surface area contributed by atoms with Gasteiger partial charge in [-0.1, -0.05) is 0 Å². The maximum absolute atomic E-state index is 11.3. The topological polar surface area (TPSA) is 73.6 Å². The molecule has 1 amide bonds. The van der Waals surface area contributed by atoms with Crippen LogP contribution in [0.2, 0.25) is 0 Å². The Morgan fingerprint density at radius 3 is 2.52 bits per heavy atom. The van der Waals surface area contributed by atoms with Crippen molar-refractivity contribution in [2.24, 2.45) is 5.73 Å². The van der Waals surface area contributed by atoms with E-state index in [1.165, 1.54) is 0 Å². The fourth-order valence-corrected chi connectivity index (χ4v) is 2.95. The van der Waals surface area contributed by atoms with Crippen LogP contribution in [0.1, 0.15) is 44.5 Å². The van der Waals surface area contributed by atoms with Crippen LogP contribution in [-0.2, 0) is 4.74 Å². The van der Waals surface area contributed by atoms with E-state index in [2.05, 4.69) is 33.0 Å². The molecule has 0 spiro atoms. The molecule has 0 radical (unpaired) electrons. The second-order valence-electron chi connectivity index (χ2n) is 6.65. The van der Waals surface area contributed by atoms with Gasteiger partial charge in [-0.15, -0.1) is 0 Å². The Morgan fingerprint density at radius 1 is 1.38 bits per heavy atom. The zero-order valence-corrected chi connectivity index (χ0v) is 13.3. The molecular formula is C16H24N2O3. The number of hydrogen-bond donors (Lipinski definition) is 2. The van der Waals surface area contributed by atoms with Gasteiger partial charge in [0.15, 0.2) is 0 Å². The first-order chi connectivity index (χ1) is 9.64. The third-order valence-corrected chi connectivity index (χ3v) is 3.89. The van der Waals surface area contributed by atoms with Crippen molar-refractivity contribution in [2.45, 2.75) is 51.4 Å². The first kappa shape index (κ1) is 15.6. The number of benzene rings is 1. The standard InChI is InChI=1S/C16H24N2O3/c1-15(2)9-13(16(3,4)21-15)18-11-8-10(14(17)19)6-7-12(11)20-5/h6-8,13,18H,9H2,1-5H3,(H2,17,19). The zero-order chi connectivity index (χ0) is 15.8. The molecule has 1 aromatic rings. The largest absolute Gasteiger partial charge is 0.495 e. The SMILES string of the molecule is COc1ccc(C(N)=O)cc1NC1CC(C)(C)OC1(C)C. The van der Waals surface area contributed by atoms with Crippen LogP contribution >= 0.6 is 0 Å². The second kappa shape index (κ2) is 5.22. The summed E-state index contributed by atoms with van der Waals surface area (Å²) >= 11 is 0. The summed E-state index contributed by atoms with van der Waals surface area (Å²) in [6.07, 6.45) is 0.865. The first-order valence-electron chi connectivity index (χ1n) is 7.09. The summed E-state index contributed by atoms with van der Waals surface area (Å²) in [5, 5.41) is 3.44. The number of methoxy groups -OCH3 is 1. The van der Waals surface area contributed by atoms with Gasteiger partial charge in [-0.25, -0.2) is 0 Å². The minimum atomic E-state index is -0.456. The minimum Gasteiger partial charge on any atom is -0.495 e. The van der Waals surface area contributed by atoms with E-state index >= 15 is 0 Å². The third kappa shape index (κ3) is 3.29. The van der Waals surface area contributed by atoms with Gasteiger partial charge in [0.2, 0.25) is 5.91 Å². The van der Waals surface area contributed by atoms with E-state index in [9.17, 15) is 4.79 Å². The number of carbonyl (C=O) groups excluding carboxylic acids is 1. The molecule has 116 valence electrons. The Balaban J connectivity index is 2.30. The van der Waals surface area contributed by atoms with E-state index in [0.29, 0.717) is 11.3 Å². The highest BCUT2D eigenvalue weighted by molar-refractivity contribution is 5.94. The van der Waals surface area contributed by atoms with Gasteiger partial charge in [0.1, 0.15) is 5.75 Å². The summed E-state index contributed by atoms with van der Waals surface area (Å²) in [4.78, 5) is 11.3. The lowest BCUT2D eigenvalue weighted by Crippen LogP contribution is -2.38. The molecule has 1 fully saturated rings. The van der Waals surface area contributed by atoms with Crippen molar-refractivity contribution in [1.82, 2.24) is 0 Å². The van der Waals surface area contributed by atoms with Crippen molar-refractivity contribution in [3.63, 3.8) is 0 Å². The second-order valence-corrected chi connectivity index (χ2v) is 6.65. The number of primary amides is 1. The third-order valence-electron chi connectivity index (χ3n) is 3.89. The lowest BCUT2D eigenvalue weighted by molar-refractivity contribution is -0.0662. The van der Waals surface area contributed by atoms with E-state index in [1.54, 1.807) is 25.3 Å². The van der Waals surface area contributed by atoms with Crippen LogP contribution in [0.3, 0.4) is 0 Å². The smallest absolute Gasteiger partial charge is 0.248 e. The molecule has 0 aliphatic carbocycles. The quantitative estimate of drug-likeness (QED) is 0.894. The summed E-state index contributed by atoms with van der Waals surface area (Å²) in [6, 6.07) is 5.25. The van der Waals surface area contributed by atoms with Crippen LogP contribution < -0.4 is 15.8 Å². The highest BCUT2D eigenvalue weighted by Crippen LogP contribution is 2.40. The summed E-state index contributed by atoms with van der Waals surface area (Å²) in [7, 11) is 1.60. The molecule has 1 unspecified atom stereocenters. The lowest BCUT2D eigenvalue weighted by Gasteiger charge is -2.29. The molecule has 1 saturated heterocycles. The molecule has 0 aromatic heterocycles. The van der Waals surface area contributed by atoms with Gasteiger partial charge >= 0.3 is 0 Å². The van der Waals surface area contributed by atoms with E-state index in [4.69, 9.17) is 15.2 Å². The summed E-state index contributed by atoms with van der Waals surface area (Å²) in [5.41, 5.74) is 6.06. The van der Waals surface area contributed by atoms with Crippen molar-refractivity contribution < 1.29 is 14.3 Å². The Hall–Kier alpha value is -1.75. The highest BCUT2D eigenvalue weighted by atomic mass is 16.5. The number of nitrogens with one attached hydrogen (secondary N) is 1. The minimum absolute atomic E-state index is 0.115. The zero-order valence-electron chi connectivity index (χ0n) is 13.3. The van der Waals surface area contributed by atoms with Crippen molar-refractivity contribution in [2.75, 3.05) is 12.4 Å². The average molecular weight is 292 g/mol. The molecule has 1 atom stereocenters. The van der Waals surface area contributed by atoms with Crippen molar-refractivity contribution >= 4 is 11.6 Å². The maximum Gasteiger partial charge on any atom is 0.248 e.